The molecule has 1 saturated heterocycles. The molecule has 3 heteroatoms. The summed E-state index contributed by atoms with van der Waals surface area (Å²) in [6.07, 6.45) is 14.6. The van der Waals surface area contributed by atoms with E-state index in [1.165, 1.54) is 24.9 Å². The molecule has 0 amide bonds. The molecular formula is C16H23N3. The zero-order valence-corrected chi connectivity index (χ0v) is 11.5. The van der Waals surface area contributed by atoms with Gasteiger partial charge in [0.05, 0.1) is 0 Å². The smallest absolute Gasteiger partial charge is 0.0397 e. The highest BCUT2D eigenvalue weighted by Gasteiger charge is 2.18. The number of nitrogens with one attached hydrogen (secondary N) is 1. The number of hydrogen-bond donors (Lipinski definition) is 1. The van der Waals surface area contributed by atoms with Gasteiger partial charge in [-0.05, 0) is 44.4 Å². The second kappa shape index (κ2) is 7.81. The predicted molar refractivity (Wildman–Crippen MR) is 80.2 cm³/mol. The van der Waals surface area contributed by atoms with Gasteiger partial charge in [-0.15, -0.1) is 12.3 Å². The van der Waals surface area contributed by atoms with E-state index in [0.717, 1.165) is 32.5 Å². The van der Waals surface area contributed by atoms with E-state index in [2.05, 4.69) is 33.3 Å². The second-order valence-electron chi connectivity index (χ2n) is 5.08. The van der Waals surface area contributed by atoms with Crippen LogP contribution >= 0.6 is 0 Å². The third kappa shape index (κ3) is 4.57. The van der Waals surface area contributed by atoms with Gasteiger partial charge < -0.3 is 10.2 Å². The van der Waals surface area contributed by atoms with Gasteiger partial charge in [-0.1, -0.05) is 0 Å². The van der Waals surface area contributed by atoms with Crippen LogP contribution in [0.4, 0.5) is 5.69 Å². The maximum atomic E-state index is 5.24. The van der Waals surface area contributed by atoms with Crippen LogP contribution in [0.5, 0.6) is 0 Å². The first-order valence-corrected chi connectivity index (χ1v) is 7.22. The molecule has 2 heterocycles. The molecular weight excluding hydrogens is 234 g/mol. The maximum Gasteiger partial charge on any atom is 0.0397 e. The Morgan fingerprint density at radius 1 is 1.26 bits per heavy atom. The van der Waals surface area contributed by atoms with Crippen molar-refractivity contribution in [1.82, 2.24) is 10.3 Å². The zero-order valence-electron chi connectivity index (χ0n) is 11.5. The summed E-state index contributed by atoms with van der Waals surface area (Å²) >= 11 is 0. The van der Waals surface area contributed by atoms with Crippen molar-refractivity contribution < 1.29 is 0 Å². The monoisotopic (exact) mass is 257 g/mol. The van der Waals surface area contributed by atoms with E-state index < -0.39 is 0 Å². The number of nitrogens with zero attached hydrogens (tertiary/aromatic N) is 2. The van der Waals surface area contributed by atoms with Crippen molar-refractivity contribution in [2.24, 2.45) is 0 Å². The van der Waals surface area contributed by atoms with Crippen molar-refractivity contribution in [3.63, 3.8) is 0 Å². The lowest BCUT2D eigenvalue weighted by Gasteiger charge is -2.34. The van der Waals surface area contributed by atoms with Gasteiger partial charge in [0.15, 0.2) is 0 Å². The lowest BCUT2D eigenvalue weighted by atomic mass is 10.0. The Morgan fingerprint density at radius 2 is 2.00 bits per heavy atom. The van der Waals surface area contributed by atoms with Gasteiger partial charge >= 0.3 is 0 Å². The molecule has 0 aromatic carbocycles. The zero-order chi connectivity index (χ0) is 13.3. The number of unbranched alkanes of at least 4 members (excludes halogenated alkanes) is 2. The van der Waals surface area contributed by atoms with Gasteiger partial charge in [0.2, 0.25) is 0 Å². The van der Waals surface area contributed by atoms with Gasteiger partial charge in [-0.2, -0.15) is 0 Å². The molecule has 1 fully saturated rings. The summed E-state index contributed by atoms with van der Waals surface area (Å²) in [7, 11) is 0. The minimum atomic E-state index is 0.670. The van der Waals surface area contributed by atoms with Gasteiger partial charge in [0.1, 0.15) is 0 Å². The molecule has 0 saturated carbocycles. The highest BCUT2D eigenvalue weighted by molar-refractivity contribution is 5.44. The Labute approximate surface area is 116 Å². The Balaban J connectivity index is 1.64. The van der Waals surface area contributed by atoms with E-state index in [1.807, 2.05) is 12.4 Å². The van der Waals surface area contributed by atoms with Gasteiger partial charge in [-0.25, -0.2) is 0 Å². The minimum Gasteiger partial charge on any atom is -0.371 e. The molecule has 1 aliphatic rings. The molecule has 0 bridgehead atoms. The molecule has 1 N–H and O–H groups in total. The summed E-state index contributed by atoms with van der Waals surface area (Å²) < 4.78 is 0. The van der Waals surface area contributed by atoms with Crippen LogP contribution in [0.15, 0.2) is 24.5 Å². The van der Waals surface area contributed by atoms with Gasteiger partial charge in [0.25, 0.3) is 0 Å². The van der Waals surface area contributed by atoms with E-state index in [1.54, 1.807) is 0 Å². The maximum absolute atomic E-state index is 5.24. The molecule has 0 unspecified atom stereocenters. The summed E-state index contributed by atoms with van der Waals surface area (Å²) in [5.41, 5.74) is 1.29. The van der Waals surface area contributed by atoms with Gasteiger partial charge in [0, 0.05) is 43.6 Å². The lowest BCUT2D eigenvalue weighted by molar-refractivity contribution is 0.411. The first-order valence-electron chi connectivity index (χ1n) is 7.22. The van der Waals surface area contributed by atoms with Crippen LogP contribution in [0, 0.1) is 12.3 Å². The summed E-state index contributed by atoms with van der Waals surface area (Å²) in [6.45, 7) is 3.36. The molecule has 0 radical (unpaired) electrons. The topological polar surface area (TPSA) is 28.2 Å². The highest BCUT2D eigenvalue weighted by atomic mass is 15.1. The van der Waals surface area contributed by atoms with E-state index >= 15 is 0 Å². The summed E-state index contributed by atoms with van der Waals surface area (Å²) in [6, 6.07) is 4.85. The van der Waals surface area contributed by atoms with Crippen molar-refractivity contribution >= 4 is 5.69 Å². The third-order valence-electron chi connectivity index (χ3n) is 3.70. The van der Waals surface area contributed by atoms with Crippen LogP contribution in [0.25, 0.3) is 0 Å². The molecule has 0 aliphatic carbocycles. The molecule has 102 valence electrons. The van der Waals surface area contributed by atoms with Crippen molar-refractivity contribution in [3.8, 4) is 12.3 Å². The minimum absolute atomic E-state index is 0.670. The molecule has 1 aromatic rings. The predicted octanol–water partition coefficient (Wildman–Crippen LogP) is 2.44. The number of piperidine rings is 1. The molecule has 19 heavy (non-hydrogen) atoms. The fourth-order valence-corrected chi connectivity index (χ4v) is 2.55. The number of terminal acetylenes is 1. The number of pyridine rings is 1. The molecule has 1 aliphatic heterocycles. The fourth-order valence-electron chi connectivity index (χ4n) is 2.55. The second-order valence-corrected chi connectivity index (χ2v) is 5.08. The van der Waals surface area contributed by atoms with Crippen LogP contribution in [-0.4, -0.2) is 30.7 Å². The SMILES string of the molecule is C#CCCCCNC1CCN(c2ccncc2)CC1. The van der Waals surface area contributed by atoms with Crippen LogP contribution in [0.3, 0.4) is 0 Å². The molecule has 0 spiro atoms. The fraction of sp³-hybridized carbons (Fsp3) is 0.562. The molecule has 3 nitrogen and oxygen atoms in total. The Hall–Kier alpha value is -1.53. The number of anilines is 1. The van der Waals surface area contributed by atoms with Crippen LogP contribution in [-0.2, 0) is 0 Å². The van der Waals surface area contributed by atoms with E-state index in [4.69, 9.17) is 6.42 Å². The van der Waals surface area contributed by atoms with Crippen LogP contribution in [0.2, 0.25) is 0 Å². The average Bonchev–Trinajstić information content (AvgIpc) is 2.49. The molecule has 2 rings (SSSR count). The first-order chi connectivity index (χ1) is 9.40. The summed E-state index contributed by atoms with van der Waals surface area (Å²) in [5, 5.41) is 3.64. The highest BCUT2D eigenvalue weighted by Crippen LogP contribution is 2.18. The number of rotatable bonds is 6. The lowest BCUT2D eigenvalue weighted by Crippen LogP contribution is -2.42. The van der Waals surface area contributed by atoms with Crippen molar-refractivity contribution in [2.45, 2.75) is 38.1 Å². The quantitative estimate of drug-likeness (QED) is 0.627. The Bertz CT molecular complexity index is 388. The molecule has 0 atom stereocenters. The van der Waals surface area contributed by atoms with Crippen LogP contribution < -0.4 is 10.2 Å². The number of hydrogen-bond acceptors (Lipinski definition) is 3. The van der Waals surface area contributed by atoms with Crippen molar-refractivity contribution in [2.75, 3.05) is 24.5 Å². The standard InChI is InChI=1S/C16H23N3/c1-2-3-4-5-10-18-15-8-13-19(14-9-15)16-6-11-17-12-7-16/h1,6-7,11-12,15,18H,3-5,8-10,13-14H2. The van der Waals surface area contributed by atoms with Crippen molar-refractivity contribution in [3.05, 3.63) is 24.5 Å². The first kappa shape index (κ1) is 13.9. The van der Waals surface area contributed by atoms with E-state index in [-0.39, 0.29) is 0 Å². The van der Waals surface area contributed by atoms with E-state index in [9.17, 15) is 0 Å². The van der Waals surface area contributed by atoms with Crippen molar-refractivity contribution in [1.29, 1.82) is 0 Å². The van der Waals surface area contributed by atoms with Crippen LogP contribution in [0.1, 0.15) is 32.1 Å². The average molecular weight is 257 g/mol. The molecule has 1 aromatic heterocycles. The largest absolute Gasteiger partial charge is 0.371 e. The third-order valence-corrected chi connectivity index (χ3v) is 3.70. The Kier molecular flexibility index (Phi) is 5.71. The van der Waals surface area contributed by atoms with E-state index in [0.29, 0.717) is 6.04 Å². The summed E-state index contributed by atoms with van der Waals surface area (Å²) in [5.74, 6) is 2.69. The Morgan fingerprint density at radius 3 is 2.68 bits per heavy atom. The normalized spacial score (nSPS) is 16.3. The number of aromatic nitrogens is 1. The van der Waals surface area contributed by atoms with Gasteiger partial charge in [-0.3, -0.25) is 4.98 Å². The summed E-state index contributed by atoms with van der Waals surface area (Å²) in [4.78, 5) is 6.51.